The monoisotopic (exact) mass is 352 g/mol. The van der Waals surface area contributed by atoms with E-state index in [9.17, 15) is 4.79 Å². The Morgan fingerprint density at radius 2 is 1.60 bits per heavy atom. The van der Waals surface area contributed by atoms with Gasteiger partial charge in [0.25, 0.3) is 0 Å². The molecule has 0 saturated carbocycles. The maximum absolute atomic E-state index is 12.4. The number of carbonyl (C=O) groups excluding carboxylic acids is 1. The lowest BCUT2D eigenvalue weighted by atomic mass is 10.0. The number of hydrogen-bond acceptors (Lipinski definition) is 3. The van der Waals surface area contributed by atoms with E-state index in [1.165, 1.54) is 0 Å². The van der Waals surface area contributed by atoms with Crippen molar-refractivity contribution in [3.05, 3.63) is 82.9 Å². The molecule has 3 aromatic carbocycles. The lowest BCUT2D eigenvalue weighted by Gasteiger charge is -2.08. The van der Waals surface area contributed by atoms with Gasteiger partial charge in [-0.3, -0.25) is 0 Å². The Morgan fingerprint density at radius 1 is 0.880 bits per heavy atom. The first-order valence-corrected chi connectivity index (χ1v) is 8.17. The minimum absolute atomic E-state index is 0.405. The molecule has 0 fully saturated rings. The first kappa shape index (κ1) is 17.1. The number of halogens is 1. The Kier molecular flexibility index (Phi) is 5.05. The molecule has 0 amide bonds. The molecule has 0 radical (unpaired) electrons. The predicted molar refractivity (Wildman–Crippen MR) is 99.6 cm³/mol. The lowest BCUT2D eigenvalue weighted by molar-refractivity contribution is 0.0735. The number of esters is 1. The van der Waals surface area contributed by atoms with Crippen LogP contribution >= 0.6 is 11.6 Å². The minimum atomic E-state index is -0.405. The summed E-state index contributed by atoms with van der Waals surface area (Å²) >= 11 is 5.99. The van der Waals surface area contributed by atoms with Crippen molar-refractivity contribution >= 4 is 17.6 Å². The fourth-order valence-corrected chi connectivity index (χ4v) is 2.57. The van der Waals surface area contributed by atoms with Gasteiger partial charge in [-0.1, -0.05) is 35.9 Å². The molecule has 0 aliphatic carbocycles. The average Bonchev–Trinajstić information content (AvgIpc) is 2.65. The molecule has 3 aromatic rings. The number of hydrogen-bond donors (Lipinski definition) is 0. The molecule has 0 aliphatic heterocycles. The zero-order chi connectivity index (χ0) is 17.8. The van der Waals surface area contributed by atoms with E-state index in [0.717, 1.165) is 22.4 Å². The van der Waals surface area contributed by atoms with E-state index in [2.05, 4.69) is 0 Å². The van der Waals surface area contributed by atoms with Crippen LogP contribution in [0.1, 0.15) is 15.9 Å². The third-order valence-corrected chi connectivity index (χ3v) is 4.29. The summed E-state index contributed by atoms with van der Waals surface area (Å²) < 4.78 is 10.6. The molecule has 0 bridgehead atoms. The van der Waals surface area contributed by atoms with E-state index >= 15 is 0 Å². The molecule has 3 nitrogen and oxygen atoms in total. The molecular weight excluding hydrogens is 336 g/mol. The Labute approximate surface area is 151 Å². The van der Waals surface area contributed by atoms with Crippen molar-refractivity contribution in [2.75, 3.05) is 7.11 Å². The highest BCUT2D eigenvalue weighted by Crippen LogP contribution is 2.25. The third kappa shape index (κ3) is 4.01. The first-order valence-electron chi connectivity index (χ1n) is 7.79. The van der Waals surface area contributed by atoms with Crippen LogP contribution in [0.15, 0.2) is 66.7 Å². The van der Waals surface area contributed by atoms with E-state index in [1.54, 1.807) is 31.4 Å². The molecule has 0 heterocycles. The van der Waals surface area contributed by atoms with Gasteiger partial charge in [0.05, 0.1) is 12.7 Å². The zero-order valence-corrected chi connectivity index (χ0v) is 14.7. The normalized spacial score (nSPS) is 10.4. The van der Waals surface area contributed by atoms with Gasteiger partial charge in [-0.05, 0) is 66.1 Å². The van der Waals surface area contributed by atoms with Crippen LogP contribution in [0, 0.1) is 6.92 Å². The van der Waals surface area contributed by atoms with Crippen LogP contribution < -0.4 is 9.47 Å². The van der Waals surface area contributed by atoms with Crippen molar-refractivity contribution in [2.24, 2.45) is 0 Å². The Hall–Kier alpha value is -2.78. The number of carbonyl (C=O) groups is 1. The van der Waals surface area contributed by atoms with Crippen molar-refractivity contribution in [3.8, 4) is 22.6 Å². The van der Waals surface area contributed by atoms with Crippen LogP contribution in [0.5, 0.6) is 11.5 Å². The second-order valence-corrected chi connectivity index (χ2v) is 6.02. The molecule has 0 aliphatic rings. The summed E-state index contributed by atoms with van der Waals surface area (Å²) in [6, 6.07) is 20.1. The number of benzene rings is 3. The molecule has 0 aromatic heterocycles. The maximum Gasteiger partial charge on any atom is 0.343 e. The smallest absolute Gasteiger partial charge is 0.343 e. The molecular formula is C21H17ClO3. The SMILES string of the molecule is COc1ccc(-c2cccc(C(=O)Oc3ccc(Cl)c(C)c3)c2)cc1. The van der Waals surface area contributed by atoms with Crippen LogP contribution in [0.3, 0.4) is 0 Å². The second-order valence-electron chi connectivity index (χ2n) is 5.61. The van der Waals surface area contributed by atoms with Gasteiger partial charge in [0, 0.05) is 5.02 Å². The second kappa shape index (κ2) is 7.41. The van der Waals surface area contributed by atoms with Gasteiger partial charge in [0.15, 0.2) is 0 Å². The fourth-order valence-electron chi connectivity index (χ4n) is 2.46. The van der Waals surface area contributed by atoms with Crippen molar-refractivity contribution < 1.29 is 14.3 Å². The third-order valence-electron chi connectivity index (χ3n) is 3.86. The van der Waals surface area contributed by atoms with Gasteiger partial charge in [0.1, 0.15) is 11.5 Å². The number of rotatable bonds is 4. The Morgan fingerprint density at radius 3 is 2.28 bits per heavy atom. The average molecular weight is 353 g/mol. The highest BCUT2D eigenvalue weighted by molar-refractivity contribution is 6.31. The quantitative estimate of drug-likeness (QED) is 0.456. The van der Waals surface area contributed by atoms with Crippen LogP contribution in [-0.4, -0.2) is 13.1 Å². The maximum atomic E-state index is 12.4. The van der Waals surface area contributed by atoms with Gasteiger partial charge in [0.2, 0.25) is 0 Å². The van der Waals surface area contributed by atoms with Crippen LogP contribution in [0.2, 0.25) is 5.02 Å². The zero-order valence-electron chi connectivity index (χ0n) is 14.0. The van der Waals surface area contributed by atoms with Crippen LogP contribution in [0.25, 0.3) is 11.1 Å². The summed E-state index contributed by atoms with van der Waals surface area (Å²) in [5, 5.41) is 0.640. The molecule has 0 spiro atoms. The van der Waals surface area contributed by atoms with Crippen molar-refractivity contribution in [1.29, 1.82) is 0 Å². The summed E-state index contributed by atoms with van der Waals surface area (Å²) in [6.45, 7) is 1.87. The molecule has 25 heavy (non-hydrogen) atoms. The highest BCUT2D eigenvalue weighted by Gasteiger charge is 2.11. The highest BCUT2D eigenvalue weighted by atomic mass is 35.5. The summed E-state index contributed by atoms with van der Waals surface area (Å²) in [5.41, 5.74) is 3.28. The number of ether oxygens (including phenoxy) is 2. The van der Waals surface area contributed by atoms with Crippen LogP contribution in [-0.2, 0) is 0 Å². The van der Waals surface area contributed by atoms with E-state index in [0.29, 0.717) is 16.3 Å². The molecule has 0 atom stereocenters. The van der Waals surface area contributed by atoms with E-state index < -0.39 is 5.97 Å². The Bertz CT molecular complexity index is 901. The van der Waals surface area contributed by atoms with Crippen molar-refractivity contribution in [3.63, 3.8) is 0 Å². The van der Waals surface area contributed by atoms with E-state index in [4.69, 9.17) is 21.1 Å². The topological polar surface area (TPSA) is 35.5 Å². The summed E-state index contributed by atoms with van der Waals surface area (Å²) in [7, 11) is 1.63. The molecule has 126 valence electrons. The standard InChI is InChI=1S/C21H17ClO3/c1-14-12-19(10-11-20(14)22)25-21(23)17-5-3-4-16(13-17)15-6-8-18(24-2)9-7-15/h3-13H,1-2H3. The lowest BCUT2D eigenvalue weighted by Crippen LogP contribution is -2.08. The Balaban J connectivity index is 1.82. The predicted octanol–water partition coefficient (Wildman–Crippen LogP) is 5.54. The first-order chi connectivity index (χ1) is 12.1. The van der Waals surface area contributed by atoms with Gasteiger partial charge < -0.3 is 9.47 Å². The molecule has 0 N–H and O–H groups in total. The fraction of sp³-hybridized carbons (Fsp3) is 0.0952. The van der Waals surface area contributed by atoms with E-state index in [1.807, 2.05) is 49.4 Å². The van der Waals surface area contributed by atoms with Gasteiger partial charge in [-0.25, -0.2) is 4.79 Å². The number of methoxy groups -OCH3 is 1. The van der Waals surface area contributed by atoms with E-state index in [-0.39, 0.29) is 0 Å². The molecule has 3 rings (SSSR count). The summed E-state index contributed by atoms with van der Waals surface area (Å²) in [6.07, 6.45) is 0. The van der Waals surface area contributed by atoms with Crippen molar-refractivity contribution in [1.82, 2.24) is 0 Å². The largest absolute Gasteiger partial charge is 0.497 e. The van der Waals surface area contributed by atoms with Gasteiger partial charge >= 0.3 is 5.97 Å². The molecule has 0 saturated heterocycles. The summed E-state index contributed by atoms with van der Waals surface area (Å²) in [5.74, 6) is 0.858. The van der Waals surface area contributed by atoms with Gasteiger partial charge in [-0.2, -0.15) is 0 Å². The minimum Gasteiger partial charge on any atom is -0.497 e. The number of aryl methyl sites for hydroxylation is 1. The van der Waals surface area contributed by atoms with Crippen molar-refractivity contribution in [2.45, 2.75) is 6.92 Å². The van der Waals surface area contributed by atoms with Crippen LogP contribution in [0.4, 0.5) is 0 Å². The molecule has 4 heteroatoms. The van der Waals surface area contributed by atoms with Gasteiger partial charge in [-0.15, -0.1) is 0 Å². The summed E-state index contributed by atoms with van der Waals surface area (Å²) in [4.78, 5) is 12.4. The molecule has 0 unspecified atom stereocenters.